The monoisotopic (exact) mass is 452 g/mol. The second-order valence-corrected chi connectivity index (χ2v) is 10.4. The standard InChI is InChI=1S/C26H32N2O3S/c1-16-11-20(23-10-9-18(3)32-23)13-21(12-16)28(25(29)31-26(5,6)7)15-22-19(4)24(30-8)17(2)14-27-22/h9-14H,15H2,1-8H3. The van der Waals surface area contributed by atoms with Crippen molar-refractivity contribution < 1.29 is 14.3 Å². The van der Waals surface area contributed by atoms with Crippen LogP contribution in [-0.2, 0) is 11.3 Å². The molecule has 0 saturated carbocycles. The third-order valence-electron chi connectivity index (χ3n) is 5.07. The first kappa shape index (κ1) is 23.8. The van der Waals surface area contributed by atoms with Crippen LogP contribution < -0.4 is 9.64 Å². The number of pyridine rings is 1. The van der Waals surface area contributed by atoms with Crippen LogP contribution >= 0.6 is 11.3 Å². The first-order chi connectivity index (χ1) is 15.0. The minimum absolute atomic E-state index is 0.281. The van der Waals surface area contributed by atoms with Gasteiger partial charge in [0.05, 0.1) is 19.3 Å². The van der Waals surface area contributed by atoms with Crippen molar-refractivity contribution in [2.75, 3.05) is 12.0 Å². The Kier molecular flexibility index (Phi) is 6.94. The molecule has 0 N–H and O–H groups in total. The van der Waals surface area contributed by atoms with Crippen LogP contribution in [-0.4, -0.2) is 23.8 Å². The third kappa shape index (κ3) is 5.49. The van der Waals surface area contributed by atoms with Crippen LogP contribution in [0, 0.1) is 27.7 Å². The van der Waals surface area contributed by atoms with Gasteiger partial charge in [-0.25, -0.2) is 4.79 Å². The molecule has 0 aliphatic heterocycles. The molecule has 0 fully saturated rings. The average molecular weight is 453 g/mol. The van der Waals surface area contributed by atoms with Gasteiger partial charge in [-0.1, -0.05) is 6.07 Å². The summed E-state index contributed by atoms with van der Waals surface area (Å²) in [6, 6.07) is 10.4. The molecule has 2 heterocycles. The molecule has 0 aliphatic carbocycles. The molecule has 170 valence electrons. The smallest absolute Gasteiger partial charge is 0.415 e. The van der Waals surface area contributed by atoms with Crippen LogP contribution in [0.2, 0.25) is 0 Å². The molecule has 1 amide bonds. The fourth-order valence-electron chi connectivity index (χ4n) is 3.61. The third-order valence-corrected chi connectivity index (χ3v) is 6.12. The van der Waals surface area contributed by atoms with Gasteiger partial charge < -0.3 is 9.47 Å². The van der Waals surface area contributed by atoms with Gasteiger partial charge in [-0.05, 0) is 83.9 Å². The molecular formula is C26H32N2O3S. The lowest BCUT2D eigenvalue weighted by molar-refractivity contribution is 0.0577. The van der Waals surface area contributed by atoms with E-state index in [1.54, 1.807) is 29.5 Å². The number of amides is 1. The topological polar surface area (TPSA) is 51.7 Å². The van der Waals surface area contributed by atoms with Crippen LogP contribution in [0.5, 0.6) is 5.75 Å². The molecule has 6 heteroatoms. The van der Waals surface area contributed by atoms with E-state index in [1.165, 1.54) is 9.75 Å². The summed E-state index contributed by atoms with van der Waals surface area (Å²) in [5.74, 6) is 0.790. The number of hydrogen-bond donors (Lipinski definition) is 0. The molecule has 3 rings (SSSR count). The van der Waals surface area contributed by atoms with Gasteiger partial charge in [0.2, 0.25) is 0 Å². The van der Waals surface area contributed by atoms with Gasteiger partial charge in [0.15, 0.2) is 0 Å². The van der Waals surface area contributed by atoms with Crippen molar-refractivity contribution in [3.05, 3.63) is 63.8 Å². The Balaban J connectivity index is 2.08. The van der Waals surface area contributed by atoms with E-state index in [9.17, 15) is 4.79 Å². The van der Waals surface area contributed by atoms with E-state index in [0.29, 0.717) is 0 Å². The lowest BCUT2D eigenvalue weighted by Gasteiger charge is -2.28. The lowest BCUT2D eigenvalue weighted by atomic mass is 10.1. The number of carbonyl (C=O) groups is 1. The summed E-state index contributed by atoms with van der Waals surface area (Å²) < 4.78 is 11.3. The second kappa shape index (κ2) is 9.33. The lowest BCUT2D eigenvalue weighted by Crippen LogP contribution is -2.37. The van der Waals surface area contributed by atoms with Crippen molar-refractivity contribution in [3.63, 3.8) is 0 Å². The summed E-state index contributed by atoms with van der Waals surface area (Å²) >= 11 is 1.74. The van der Waals surface area contributed by atoms with Gasteiger partial charge in [-0.3, -0.25) is 9.88 Å². The summed E-state index contributed by atoms with van der Waals surface area (Å²) in [7, 11) is 1.65. The zero-order chi connectivity index (χ0) is 23.6. The Labute approximate surface area is 195 Å². The van der Waals surface area contributed by atoms with Gasteiger partial charge in [0.25, 0.3) is 0 Å². The Hall–Kier alpha value is -2.86. The van der Waals surface area contributed by atoms with Crippen molar-refractivity contribution in [2.45, 2.75) is 60.6 Å². The molecular weight excluding hydrogens is 420 g/mol. The second-order valence-electron chi connectivity index (χ2n) is 9.08. The molecule has 2 aromatic heterocycles. The molecule has 5 nitrogen and oxygen atoms in total. The summed E-state index contributed by atoms with van der Waals surface area (Å²) in [4.78, 5) is 22.0. The first-order valence-electron chi connectivity index (χ1n) is 10.7. The molecule has 0 bridgehead atoms. The summed E-state index contributed by atoms with van der Waals surface area (Å²) in [5.41, 5.74) is 4.97. The van der Waals surface area contributed by atoms with E-state index in [-0.39, 0.29) is 6.54 Å². The number of methoxy groups -OCH3 is 1. The number of aromatic nitrogens is 1. The zero-order valence-electron chi connectivity index (χ0n) is 20.2. The van der Waals surface area contributed by atoms with Crippen LogP contribution in [0.4, 0.5) is 10.5 Å². The minimum atomic E-state index is -0.611. The van der Waals surface area contributed by atoms with Gasteiger partial charge >= 0.3 is 6.09 Å². The van der Waals surface area contributed by atoms with Crippen molar-refractivity contribution in [1.29, 1.82) is 0 Å². The number of carbonyl (C=O) groups excluding carboxylic acids is 1. The molecule has 0 radical (unpaired) electrons. The number of benzene rings is 1. The van der Waals surface area contributed by atoms with Crippen molar-refractivity contribution in [1.82, 2.24) is 4.98 Å². The number of rotatable bonds is 5. The van der Waals surface area contributed by atoms with E-state index >= 15 is 0 Å². The highest BCUT2D eigenvalue weighted by molar-refractivity contribution is 7.15. The van der Waals surface area contributed by atoms with Gasteiger partial charge in [-0.15, -0.1) is 11.3 Å². The Morgan fingerprint density at radius 2 is 1.81 bits per heavy atom. The molecule has 0 spiro atoms. The van der Waals surface area contributed by atoms with Gasteiger partial charge in [0, 0.05) is 32.8 Å². The summed E-state index contributed by atoms with van der Waals surface area (Å²) in [6.07, 6.45) is 1.38. The molecule has 0 aliphatic rings. The van der Waals surface area contributed by atoms with Crippen LogP contribution in [0.15, 0.2) is 36.5 Å². The highest BCUT2D eigenvalue weighted by Gasteiger charge is 2.26. The van der Waals surface area contributed by atoms with Crippen LogP contribution in [0.1, 0.15) is 48.0 Å². The number of thiophene rings is 1. The van der Waals surface area contributed by atoms with Gasteiger partial charge in [-0.2, -0.15) is 0 Å². The molecule has 1 aromatic carbocycles. The number of anilines is 1. The maximum absolute atomic E-state index is 13.3. The van der Waals surface area contributed by atoms with E-state index in [1.807, 2.05) is 53.7 Å². The molecule has 32 heavy (non-hydrogen) atoms. The quantitative estimate of drug-likeness (QED) is 0.418. The first-order valence-corrected chi connectivity index (χ1v) is 11.5. The molecule has 0 atom stereocenters. The minimum Gasteiger partial charge on any atom is -0.496 e. The van der Waals surface area contributed by atoms with E-state index in [4.69, 9.17) is 9.47 Å². The van der Waals surface area contributed by atoms with Crippen molar-refractivity contribution >= 4 is 23.1 Å². The maximum atomic E-state index is 13.3. The highest BCUT2D eigenvalue weighted by atomic mass is 32.1. The Bertz CT molecular complexity index is 1130. The number of aryl methyl sites for hydroxylation is 3. The number of hydrogen-bond acceptors (Lipinski definition) is 5. The SMILES string of the molecule is COc1c(C)cnc(CN(C(=O)OC(C)(C)C)c2cc(C)cc(-c3ccc(C)s3)c2)c1C. The fourth-order valence-corrected chi connectivity index (χ4v) is 4.46. The largest absolute Gasteiger partial charge is 0.496 e. The Morgan fingerprint density at radius 3 is 2.41 bits per heavy atom. The number of nitrogens with zero attached hydrogens (tertiary/aromatic N) is 2. The average Bonchev–Trinajstić information content (AvgIpc) is 3.12. The van der Waals surface area contributed by atoms with E-state index in [0.717, 1.165) is 39.4 Å². The predicted octanol–water partition coefficient (Wildman–Crippen LogP) is 6.99. The highest BCUT2D eigenvalue weighted by Crippen LogP contribution is 2.33. The summed E-state index contributed by atoms with van der Waals surface area (Å²) in [6.45, 7) is 14.0. The molecule has 0 saturated heterocycles. The zero-order valence-corrected chi connectivity index (χ0v) is 21.0. The molecule has 0 unspecified atom stereocenters. The summed E-state index contributed by atoms with van der Waals surface area (Å²) in [5, 5.41) is 0. The van der Waals surface area contributed by atoms with E-state index in [2.05, 4.69) is 30.1 Å². The Morgan fingerprint density at radius 1 is 1.09 bits per heavy atom. The normalized spacial score (nSPS) is 11.4. The van der Waals surface area contributed by atoms with Gasteiger partial charge in [0.1, 0.15) is 11.4 Å². The van der Waals surface area contributed by atoms with Crippen LogP contribution in [0.3, 0.4) is 0 Å². The van der Waals surface area contributed by atoms with Crippen molar-refractivity contribution in [3.8, 4) is 16.2 Å². The van der Waals surface area contributed by atoms with E-state index < -0.39 is 11.7 Å². The van der Waals surface area contributed by atoms with Crippen molar-refractivity contribution in [2.24, 2.45) is 0 Å². The molecule has 3 aromatic rings. The number of ether oxygens (including phenoxy) is 2. The predicted molar refractivity (Wildman–Crippen MR) is 132 cm³/mol. The fraction of sp³-hybridized carbons (Fsp3) is 0.385. The van der Waals surface area contributed by atoms with Crippen LogP contribution in [0.25, 0.3) is 10.4 Å². The maximum Gasteiger partial charge on any atom is 0.415 e.